The van der Waals surface area contributed by atoms with Crippen molar-refractivity contribution in [2.75, 3.05) is 0 Å². The Morgan fingerprint density at radius 2 is 2.00 bits per heavy atom. The highest BCUT2D eigenvalue weighted by molar-refractivity contribution is 9.10. The lowest BCUT2D eigenvalue weighted by Gasteiger charge is -2.10. The normalized spacial score (nSPS) is 11.4. The van der Waals surface area contributed by atoms with Gasteiger partial charge < -0.3 is 4.57 Å². The maximum Gasteiger partial charge on any atom is 0.280 e. The van der Waals surface area contributed by atoms with E-state index in [0.29, 0.717) is 22.7 Å². The molecule has 0 saturated heterocycles. The highest BCUT2D eigenvalue weighted by Gasteiger charge is 2.13. The minimum Gasteiger partial charge on any atom is -0.310 e. The number of halogens is 1. The molecule has 26 heavy (non-hydrogen) atoms. The first-order valence-electron chi connectivity index (χ1n) is 8.09. The van der Waals surface area contributed by atoms with E-state index in [1.54, 1.807) is 24.7 Å². The fraction of sp³-hybridized carbons (Fsp3) is 0.167. The van der Waals surface area contributed by atoms with E-state index in [1.165, 1.54) is 4.68 Å². The molecule has 8 heteroatoms. The molecule has 0 bridgehead atoms. The van der Waals surface area contributed by atoms with E-state index in [1.807, 2.05) is 42.7 Å². The Morgan fingerprint density at radius 3 is 2.81 bits per heavy atom. The third-order valence-corrected chi connectivity index (χ3v) is 4.55. The van der Waals surface area contributed by atoms with E-state index >= 15 is 0 Å². The molecule has 0 fully saturated rings. The van der Waals surface area contributed by atoms with Crippen LogP contribution >= 0.6 is 15.9 Å². The number of pyridine rings is 1. The van der Waals surface area contributed by atoms with Crippen molar-refractivity contribution in [3.8, 4) is 17.3 Å². The van der Waals surface area contributed by atoms with Crippen LogP contribution in [0.1, 0.15) is 19.9 Å². The van der Waals surface area contributed by atoms with Crippen molar-refractivity contribution < 1.29 is 0 Å². The van der Waals surface area contributed by atoms with Crippen molar-refractivity contribution in [1.29, 1.82) is 0 Å². The molecular weight excluding hydrogens is 396 g/mol. The zero-order chi connectivity index (χ0) is 18.3. The van der Waals surface area contributed by atoms with Crippen LogP contribution in [-0.4, -0.2) is 29.5 Å². The number of fused-ring (bicyclic) bond motifs is 1. The lowest BCUT2D eigenvalue weighted by Crippen LogP contribution is -2.22. The third kappa shape index (κ3) is 2.82. The molecule has 0 atom stereocenters. The van der Waals surface area contributed by atoms with Gasteiger partial charge in [-0.05, 0) is 38.1 Å². The topological polar surface area (TPSA) is 78.5 Å². The molecule has 0 unspecified atom stereocenters. The lowest BCUT2D eigenvalue weighted by atomic mass is 10.2. The van der Waals surface area contributed by atoms with E-state index in [0.717, 1.165) is 9.86 Å². The predicted molar refractivity (Wildman–Crippen MR) is 102 cm³/mol. The zero-order valence-corrected chi connectivity index (χ0v) is 15.8. The average Bonchev–Trinajstić information content (AvgIpc) is 3.13. The van der Waals surface area contributed by atoms with Gasteiger partial charge >= 0.3 is 0 Å². The number of nitrogens with zero attached hydrogens (tertiary/aromatic N) is 6. The number of hydrogen-bond acceptors (Lipinski definition) is 5. The molecule has 0 aliphatic carbocycles. The Balaban J connectivity index is 1.87. The molecule has 7 nitrogen and oxygen atoms in total. The predicted octanol–water partition coefficient (Wildman–Crippen LogP) is 3.38. The second-order valence-corrected chi connectivity index (χ2v) is 7.05. The Kier molecular flexibility index (Phi) is 4.12. The van der Waals surface area contributed by atoms with Crippen molar-refractivity contribution >= 4 is 26.7 Å². The van der Waals surface area contributed by atoms with Gasteiger partial charge in [-0.3, -0.25) is 4.79 Å². The van der Waals surface area contributed by atoms with Gasteiger partial charge in [0.15, 0.2) is 11.6 Å². The summed E-state index contributed by atoms with van der Waals surface area (Å²) >= 11 is 3.40. The maximum absolute atomic E-state index is 12.9. The van der Waals surface area contributed by atoms with Gasteiger partial charge in [0.25, 0.3) is 5.56 Å². The first-order chi connectivity index (χ1) is 12.5. The molecule has 4 aromatic rings. The molecular formula is C18H15BrN6O. The van der Waals surface area contributed by atoms with Gasteiger partial charge in [-0.25, -0.2) is 4.98 Å². The summed E-state index contributed by atoms with van der Waals surface area (Å²) in [7, 11) is 0. The van der Waals surface area contributed by atoms with Crippen LogP contribution in [0.4, 0.5) is 0 Å². The van der Waals surface area contributed by atoms with Crippen LogP contribution in [0.25, 0.3) is 28.1 Å². The molecule has 0 amide bonds. The van der Waals surface area contributed by atoms with Gasteiger partial charge in [0.1, 0.15) is 12.0 Å². The SMILES string of the molecule is CC(C)n1cnnc1-c1cccc(-n2ncc3ccc(Br)cc3c2=O)n1. The molecule has 0 saturated carbocycles. The first kappa shape index (κ1) is 16.6. The number of benzene rings is 1. The summed E-state index contributed by atoms with van der Waals surface area (Å²) in [6, 6.07) is 11.1. The van der Waals surface area contributed by atoms with Crippen molar-refractivity contribution in [3.63, 3.8) is 0 Å². The van der Waals surface area contributed by atoms with Gasteiger partial charge in [0.05, 0.1) is 11.6 Å². The van der Waals surface area contributed by atoms with Crippen LogP contribution in [0.5, 0.6) is 0 Å². The third-order valence-electron chi connectivity index (χ3n) is 4.06. The molecule has 0 aliphatic rings. The quantitative estimate of drug-likeness (QED) is 0.517. The molecule has 3 aromatic heterocycles. The lowest BCUT2D eigenvalue weighted by molar-refractivity contribution is 0.603. The molecule has 0 N–H and O–H groups in total. The van der Waals surface area contributed by atoms with Crippen LogP contribution in [0.3, 0.4) is 0 Å². The van der Waals surface area contributed by atoms with E-state index in [9.17, 15) is 4.79 Å². The van der Waals surface area contributed by atoms with Gasteiger partial charge in [0.2, 0.25) is 0 Å². The second-order valence-electron chi connectivity index (χ2n) is 6.13. The smallest absolute Gasteiger partial charge is 0.280 e. The fourth-order valence-electron chi connectivity index (χ4n) is 2.75. The van der Waals surface area contributed by atoms with E-state index in [-0.39, 0.29) is 11.6 Å². The van der Waals surface area contributed by atoms with Gasteiger partial charge in [-0.2, -0.15) is 9.78 Å². The Hall–Kier alpha value is -2.87. The maximum atomic E-state index is 12.9. The molecule has 130 valence electrons. The summed E-state index contributed by atoms with van der Waals surface area (Å²) < 4.78 is 4.07. The molecule has 0 aliphatic heterocycles. The van der Waals surface area contributed by atoms with Crippen LogP contribution < -0.4 is 5.56 Å². The zero-order valence-electron chi connectivity index (χ0n) is 14.2. The molecule has 3 heterocycles. The van der Waals surface area contributed by atoms with Crippen molar-refractivity contribution in [3.05, 3.63) is 63.7 Å². The van der Waals surface area contributed by atoms with Crippen LogP contribution in [-0.2, 0) is 0 Å². The van der Waals surface area contributed by atoms with Gasteiger partial charge in [0, 0.05) is 15.9 Å². The molecule has 4 rings (SSSR count). The summed E-state index contributed by atoms with van der Waals surface area (Å²) in [5.41, 5.74) is 0.413. The summed E-state index contributed by atoms with van der Waals surface area (Å²) in [6.45, 7) is 4.09. The standard InChI is InChI=1S/C18H15BrN6O/c1-11(2)24-10-20-23-17(24)15-4-3-5-16(22-15)25-18(26)14-8-13(19)7-6-12(14)9-21-25/h3-11H,1-2H3. The number of hydrogen-bond donors (Lipinski definition) is 0. The van der Waals surface area contributed by atoms with Crippen molar-refractivity contribution in [2.45, 2.75) is 19.9 Å². The van der Waals surface area contributed by atoms with Crippen molar-refractivity contribution in [1.82, 2.24) is 29.5 Å². The number of rotatable bonds is 3. The van der Waals surface area contributed by atoms with Gasteiger partial charge in [-0.1, -0.05) is 28.1 Å². The Bertz CT molecular complexity index is 1160. The average molecular weight is 411 g/mol. The van der Waals surface area contributed by atoms with E-state index in [2.05, 4.69) is 36.2 Å². The summed E-state index contributed by atoms with van der Waals surface area (Å²) in [5.74, 6) is 1.09. The van der Waals surface area contributed by atoms with Gasteiger partial charge in [-0.15, -0.1) is 10.2 Å². The second kappa shape index (κ2) is 6.45. The fourth-order valence-corrected chi connectivity index (χ4v) is 3.11. The summed E-state index contributed by atoms with van der Waals surface area (Å²) in [4.78, 5) is 17.4. The molecule has 1 aromatic carbocycles. The highest BCUT2D eigenvalue weighted by atomic mass is 79.9. The summed E-state index contributed by atoms with van der Waals surface area (Å²) in [5, 5.41) is 13.8. The van der Waals surface area contributed by atoms with E-state index in [4.69, 9.17) is 0 Å². The molecule has 0 spiro atoms. The number of aromatic nitrogens is 6. The Labute approximate surface area is 157 Å². The monoisotopic (exact) mass is 410 g/mol. The van der Waals surface area contributed by atoms with Crippen LogP contribution in [0.15, 0.2) is 58.2 Å². The summed E-state index contributed by atoms with van der Waals surface area (Å²) in [6.07, 6.45) is 3.33. The molecule has 0 radical (unpaired) electrons. The largest absolute Gasteiger partial charge is 0.310 e. The minimum atomic E-state index is -0.223. The first-order valence-corrected chi connectivity index (χ1v) is 8.89. The highest BCUT2D eigenvalue weighted by Crippen LogP contribution is 2.20. The van der Waals surface area contributed by atoms with E-state index < -0.39 is 0 Å². The van der Waals surface area contributed by atoms with Crippen LogP contribution in [0.2, 0.25) is 0 Å². The van der Waals surface area contributed by atoms with Crippen molar-refractivity contribution in [2.24, 2.45) is 0 Å². The minimum absolute atomic E-state index is 0.198. The Morgan fingerprint density at radius 1 is 1.15 bits per heavy atom. The van der Waals surface area contributed by atoms with Crippen LogP contribution in [0, 0.1) is 0 Å².